The summed E-state index contributed by atoms with van der Waals surface area (Å²) in [7, 11) is 0. The minimum atomic E-state index is 0.00163. The first-order valence-corrected chi connectivity index (χ1v) is 10.9. The topological polar surface area (TPSA) is 40.6 Å². The third kappa shape index (κ3) is 6.79. The zero-order valence-corrected chi connectivity index (χ0v) is 18.3. The molecule has 0 unspecified atom stereocenters. The lowest BCUT2D eigenvalue weighted by Crippen LogP contribution is -2.43. The number of hydrogen-bond donors (Lipinski definition) is 0. The molecule has 0 aliphatic carbocycles. The van der Waals surface area contributed by atoms with Crippen LogP contribution >= 0.6 is 11.3 Å². The highest BCUT2D eigenvalue weighted by atomic mass is 32.1. The summed E-state index contributed by atoms with van der Waals surface area (Å²) in [6.45, 7) is 10.1. The molecule has 2 rings (SSSR count). The Morgan fingerprint density at radius 1 is 1.00 bits per heavy atom. The van der Waals surface area contributed by atoms with Crippen LogP contribution in [0.3, 0.4) is 0 Å². The summed E-state index contributed by atoms with van der Waals surface area (Å²) in [6, 6.07) is 12.1. The van der Waals surface area contributed by atoms with Gasteiger partial charge in [0, 0.05) is 24.4 Å². The summed E-state index contributed by atoms with van der Waals surface area (Å²) in [6.07, 6.45) is 1.28. The second-order valence-corrected chi connectivity index (χ2v) is 8.68. The third-order valence-electron chi connectivity index (χ3n) is 4.60. The predicted octanol–water partition coefficient (Wildman–Crippen LogP) is 4.87. The molecule has 0 atom stereocenters. The van der Waals surface area contributed by atoms with Gasteiger partial charge >= 0.3 is 0 Å². The summed E-state index contributed by atoms with van der Waals surface area (Å²) < 4.78 is 0. The maximum absolute atomic E-state index is 13.2. The van der Waals surface area contributed by atoms with Gasteiger partial charge in [0.2, 0.25) is 11.8 Å². The number of hydrogen-bond acceptors (Lipinski definition) is 3. The van der Waals surface area contributed by atoms with Crippen LogP contribution in [0, 0.1) is 12.8 Å². The van der Waals surface area contributed by atoms with Crippen LogP contribution in [0.15, 0.2) is 41.8 Å². The van der Waals surface area contributed by atoms with Crippen molar-refractivity contribution in [2.75, 3.05) is 13.1 Å². The van der Waals surface area contributed by atoms with Crippen LogP contribution in [-0.2, 0) is 22.7 Å². The van der Waals surface area contributed by atoms with Crippen molar-refractivity contribution in [2.45, 2.75) is 53.6 Å². The summed E-state index contributed by atoms with van der Waals surface area (Å²) in [4.78, 5) is 30.5. The summed E-state index contributed by atoms with van der Waals surface area (Å²) >= 11 is 1.68. The fraction of sp³-hybridized carbons (Fsp3) is 0.478. The molecule has 2 amide bonds. The molecule has 0 saturated heterocycles. The highest BCUT2D eigenvalue weighted by Gasteiger charge is 2.22. The molecule has 5 heteroatoms. The van der Waals surface area contributed by atoms with Gasteiger partial charge in [0.1, 0.15) is 0 Å². The Labute approximate surface area is 173 Å². The van der Waals surface area contributed by atoms with Gasteiger partial charge in [-0.15, -0.1) is 11.3 Å². The van der Waals surface area contributed by atoms with Crippen molar-refractivity contribution in [3.05, 3.63) is 57.8 Å². The van der Waals surface area contributed by atoms with Crippen LogP contribution in [0.1, 0.15) is 49.6 Å². The van der Waals surface area contributed by atoms with Gasteiger partial charge in [-0.2, -0.15) is 0 Å². The van der Waals surface area contributed by atoms with E-state index in [2.05, 4.69) is 32.2 Å². The molecule has 4 nitrogen and oxygen atoms in total. The Balaban J connectivity index is 2.18. The fourth-order valence-electron chi connectivity index (χ4n) is 3.11. The normalized spacial score (nSPS) is 10.9. The van der Waals surface area contributed by atoms with E-state index in [1.807, 2.05) is 42.2 Å². The highest BCUT2D eigenvalue weighted by Crippen LogP contribution is 2.20. The number of nitrogens with zero attached hydrogens (tertiary/aromatic N) is 2. The molecule has 1 heterocycles. The number of carbonyl (C=O) groups excluding carboxylic acids is 2. The molecule has 0 N–H and O–H groups in total. The molecule has 0 bridgehead atoms. The maximum atomic E-state index is 13.2. The van der Waals surface area contributed by atoms with Gasteiger partial charge < -0.3 is 9.80 Å². The molecular weight excluding hydrogens is 368 g/mol. The van der Waals surface area contributed by atoms with Gasteiger partial charge in [-0.05, 0) is 41.8 Å². The zero-order chi connectivity index (χ0) is 20.5. The van der Waals surface area contributed by atoms with E-state index in [9.17, 15) is 9.59 Å². The van der Waals surface area contributed by atoms with E-state index in [0.717, 1.165) is 12.0 Å². The average Bonchev–Trinajstić information content (AvgIpc) is 3.06. The summed E-state index contributed by atoms with van der Waals surface area (Å²) in [5, 5.41) is 2.06. The molecule has 28 heavy (non-hydrogen) atoms. The Bertz CT molecular complexity index is 755. The van der Waals surface area contributed by atoms with Gasteiger partial charge in [0.05, 0.1) is 13.1 Å². The van der Waals surface area contributed by atoms with Crippen molar-refractivity contribution in [1.29, 1.82) is 0 Å². The van der Waals surface area contributed by atoms with E-state index in [1.54, 1.807) is 16.2 Å². The fourth-order valence-corrected chi connectivity index (χ4v) is 4.03. The number of benzene rings is 1. The molecule has 1 aromatic carbocycles. The number of rotatable bonds is 10. The first-order chi connectivity index (χ1) is 13.4. The van der Waals surface area contributed by atoms with E-state index in [1.165, 1.54) is 10.4 Å². The Kier molecular flexibility index (Phi) is 8.71. The standard InChI is InChI=1S/C23H32N2O2S/c1-5-9-22(26)24(14-18(2)3)17-23(27)25(15-20-10-7-6-8-11-20)16-21-19(4)12-13-28-21/h6-8,10-13,18H,5,9,14-17H2,1-4H3. The molecule has 0 saturated carbocycles. The molecular formula is C23H32N2O2S. The van der Waals surface area contributed by atoms with Crippen molar-refractivity contribution >= 4 is 23.2 Å². The molecule has 0 spiro atoms. The van der Waals surface area contributed by atoms with Crippen LogP contribution in [-0.4, -0.2) is 34.7 Å². The van der Waals surface area contributed by atoms with Crippen LogP contribution in [0.5, 0.6) is 0 Å². The van der Waals surface area contributed by atoms with Crippen LogP contribution < -0.4 is 0 Å². The van der Waals surface area contributed by atoms with Crippen molar-refractivity contribution < 1.29 is 9.59 Å². The van der Waals surface area contributed by atoms with Crippen molar-refractivity contribution in [1.82, 2.24) is 9.80 Å². The van der Waals surface area contributed by atoms with Crippen LogP contribution in [0.25, 0.3) is 0 Å². The largest absolute Gasteiger partial charge is 0.333 e. The molecule has 2 aromatic rings. The van der Waals surface area contributed by atoms with Crippen molar-refractivity contribution in [3.8, 4) is 0 Å². The van der Waals surface area contributed by atoms with Crippen molar-refractivity contribution in [2.24, 2.45) is 5.92 Å². The average molecular weight is 401 g/mol. The summed E-state index contributed by atoms with van der Waals surface area (Å²) in [5.74, 6) is 0.397. The second-order valence-electron chi connectivity index (χ2n) is 7.68. The Hall–Kier alpha value is -2.14. The summed E-state index contributed by atoms with van der Waals surface area (Å²) in [5.41, 5.74) is 2.30. The predicted molar refractivity (Wildman–Crippen MR) is 116 cm³/mol. The highest BCUT2D eigenvalue weighted by molar-refractivity contribution is 7.10. The SMILES string of the molecule is CCCC(=O)N(CC(=O)N(Cc1ccccc1)Cc1sccc1C)CC(C)C. The minimum Gasteiger partial charge on any atom is -0.333 e. The van der Waals surface area contributed by atoms with Gasteiger partial charge in [-0.25, -0.2) is 0 Å². The number of thiophene rings is 1. The molecule has 1 aromatic heterocycles. The molecule has 0 aliphatic heterocycles. The van der Waals surface area contributed by atoms with Gasteiger partial charge in [-0.1, -0.05) is 51.1 Å². The molecule has 0 aliphatic rings. The molecule has 0 fully saturated rings. The second kappa shape index (κ2) is 11.0. The maximum Gasteiger partial charge on any atom is 0.242 e. The van der Waals surface area contributed by atoms with Gasteiger partial charge in [0.15, 0.2) is 0 Å². The Morgan fingerprint density at radius 2 is 1.71 bits per heavy atom. The molecule has 152 valence electrons. The van der Waals surface area contributed by atoms with Gasteiger partial charge in [0.25, 0.3) is 0 Å². The van der Waals surface area contributed by atoms with Crippen LogP contribution in [0.4, 0.5) is 0 Å². The number of amides is 2. The first kappa shape index (κ1) is 22.2. The number of carbonyl (C=O) groups is 2. The van der Waals surface area contributed by atoms with Crippen molar-refractivity contribution in [3.63, 3.8) is 0 Å². The first-order valence-electron chi connectivity index (χ1n) is 10.0. The van der Waals surface area contributed by atoms with Gasteiger partial charge in [-0.3, -0.25) is 9.59 Å². The Morgan fingerprint density at radius 3 is 2.29 bits per heavy atom. The van der Waals surface area contributed by atoms with E-state index in [0.29, 0.717) is 32.0 Å². The lowest BCUT2D eigenvalue weighted by Gasteiger charge is -2.29. The lowest BCUT2D eigenvalue weighted by molar-refractivity contribution is -0.141. The number of aryl methyl sites for hydroxylation is 1. The minimum absolute atomic E-state index is 0.00163. The quantitative estimate of drug-likeness (QED) is 0.571. The third-order valence-corrected chi connectivity index (χ3v) is 5.61. The smallest absolute Gasteiger partial charge is 0.242 e. The monoisotopic (exact) mass is 400 g/mol. The van der Waals surface area contributed by atoms with E-state index in [4.69, 9.17) is 0 Å². The van der Waals surface area contributed by atoms with E-state index in [-0.39, 0.29) is 18.4 Å². The zero-order valence-electron chi connectivity index (χ0n) is 17.5. The van der Waals surface area contributed by atoms with E-state index < -0.39 is 0 Å². The van der Waals surface area contributed by atoms with Crippen LogP contribution in [0.2, 0.25) is 0 Å². The van der Waals surface area contributed by atoms with E-state index >= 15 is 0 Å². The molecule has 0 radical (unpaired) electrons. The lowest BCUT2D eigenvalue weighted by atomic mass is 10.1.